The van der Waals surface area contributed by atoms with Gasteiger partial charge in [0.1, 0.15) is 0 Å². The van der Waals surface area contributed by atoms with E-state index in [1.807, 2.05) is 0 Å². The summed E-state index contributed by atoms with van der Waals surface area (Å²) in [6.45, 7) is 1.38. The molecule has 1 heterocycles. The first-order valence-corrected chi connectivity index (χ1v) is 6.42. The van der Waals surface area contributed by atoms with E-state index in [0.717, 1.165) is 12.8 Å². The Morgan fingerprint density at radius 1 is 1.24 bits per heavy atom. The van der Waals surface area contributed by atoms with Crippen LogP contribution in [-0.4, -0.2) is 49.1 Å². The predicted molar refractivity (Wildman–Crippen MR) is 62.4 cm³/mol. The van der Waals surface area contributed by atoms with Crippen LogP contribution in [0.4, 0.5) is 0 Å². The number of rotatable bonds is 4. The highest BCUT2D eigenvalue weighted by molar-refractivity contribution is 5.92. The second-order valence-electron chi connectivity index (χ2n) is 4.72. The number of nitrogens with zero attached hydrogens (tertiary/aromatic N) is 1. The van der Waals surface area contributed by atoms with E-state index in [-0.39, 0.29) is 24.9 Å². The van der Waals surface area contributed by atoms with Crippen molar-refractivity contribution in [1.82, 2.24) is 10.2 Å². The van der Waals surface area contributed by atoms with Gasteiger partial charge in [-0.3, -0.25) is 9.59 Å². The number of hydrogen-bond acceptors (Lipinski definition) is 3. The SMILES string of the molecule is O=C1CN(CCOC2CCCCC2)C(=O)CN1. The third-order valence-corrected chi connectivity index (χ3v) is 3.39. The smallest absolute Gasteiger partial charge is 0.242 e. The minimum absolute atomic E-state index is 0.0168. The van der Waals surface area contributed by atoms with Crippen LogP contribution in [0.1, 0.15) is 32.1 Å². The van der Waals surface area contributed by atoms with Crippen LogP contribution in [0.2, 0.25) is 0 Å². The molecule has 0 aromatic carbocycles. The molecule has 2 aliphatic rings. The van der Waals surface area contributed by atoms with Gasteiger partial charge in [-0.05, 0) is 12.8 Å². The molecule has 17 heavy (non-hydrogen) atoms. The highest BCUT2D eigenvalue weighted by atomic mass is 16.5. The molecule has 2 fully saturated rings. The Morgan fingerprint density at radius 2 is 2.00 bits per heavy atom. The summed E-state index contributed by atoms with van der Waals surface area (Å²) in [4.78, 5) is 24.2. The molecule has 0 bridgehead atoms. The maximum absolute atomic E-state index is 11.5. The number of carbonyl (C=O) groups is 2. The number of amides is 2. The van der Waals surface area contributed by atoms with E-state index in [0.29, 0.717) is 19.3 Å². The van der Waals surface area contributed by atoms with Crippen molar-refractivity contribution in [3.05, 3.63) is 0 Å². The molecule has 2 amide bonds. The van der Waals surface area contributed by atoms with Crippen molar-refractivity contribution in [2.45, 2.75) is 38.2 Å². The third-order valence-electron chi connectivity index (χ3n) is 3.39. The minimum Gasteiger partial charge on any atom is -0.376 e. The first-order valence-electron chi connectivity index (χ1n) is 6.42. The van der Waals surface area contributed by atoms with E-state index in [9.17, 15) is 9.59 Å². The van der Waals surface area contributed by atoms with Crippen molar-refractivity contribution >= 4 is 11.8 Å². The number of ether oxygens (including phenoxy) is 1. The predicted octanol–water partition coefficient (Wildman–Crippen LogP) is 0.294. The summed E-state index contributed by atoms with van der Waals surface area (Å²) in [5, 5.41) is 2.53. The van der Waals surface area contributed by atoms with Gasteiger partial charge in [-0.2, -0.15) is 0 Å². The number of hydrogen-bond donors (Lipinski definition) is 1. The maximum atomic E-state index is 11.5. The van der Waals surface area contributed by atoms with Crippen LogP contribution in [0.25, 0.3) is 0 Å². The van der Waals surface area contributed by atoms with Gasteiger partial charge in [0.15, 0.2) is 0 Å². The van der Waals surface area contributed by atoms with Crippen LogP contribution in [0.15, 0.2) is 0 Å². The normalized spacial score (nSPS) is 22.7. The fourth-order valence-corrected chi connectivity index (χ4v) is 2.37. The van der Waals surface area contributed by atoms with Gasteiger partial charge >= 0.3 is 0 Å². The zero-order valence-electron chi connectivity index (χ0n) is 10.1. The van der Waals surface area contributed by atoms with Gasteiger partial charge < -0.3 is 15.0 Å². The first kappa shape index (κ1) is 12.4. The average Bonchev–Trinajstić information content (AvgIpc) is 2.35. The van der Waals surface area contributed by atoms with Crippen molar-refractivity contribution in [1.29, 1.82) is 0 Å². The minimum atomic E-state index is -0.0812. The van der Waals surface area contributed by atoms with E-state index >= 15 is 0 Å². The average molecular weight is 240 g/mol. The third kappa shape index (κ3) is 3.70. The van der Waals surface area contributed by atoms with E-state index in [1.54, 1.807) is 4.90 Å². The largest absolute Gasteiger partial charge is 0.376 e. The van der Waals surface area contributed by atoms with Crippen molar-refractivity contribution in [2.24, 2.45) is 0 Å². The van der Waals surface area contributed by atoms with E-state index in [2.05, 4.69) is 5.32 Å². The van der Waals surface area contributed by atoms with Crippen molar-refractivity contribution < 1.29 is 14.3 Å². The Labute approximate surface area is 101 Å². The second kappa shape index (κ2) is 6.00. The van der Waals surface area contributed by atoms with Crippen LogP contribution in [0, 0.1) is 0 Å². The summed E-state index contributed by atoms with van der Waals surface area (Å²) in [5.41, 5.74) is 0. The molecule has 1 aliphatic heterocycles. The molecule has 5 nitrogen and oxygen atoms in total. The quantitative estimate of drug-likeness (QED) is 0.768. The zero-order chi connectivity index (χ0) is 12.1. The molecule has 0 aromatic rings. The monoisotopic (exact) mass is 240 g/mol. The molecule has 96 valence electrons. The lowest BCUT2D eigenvalue weighted by atomic mass is 9.98. The molecule has 1 aliphatic carbocycles. The van der Waals surface area contributed by atoms with E-state index in [1.165, 1.54) is 19.3 Å². The van der Waals surface area contributed by atoms with Gasteiger partial charge in [0.05, 0.1) is 25.8 Å². The highest BCUT2D eigenvalue weighted by Gasteiger charge is 2.23. The summed E-state index contributed by atoms with van der Waals surface area (Å²) >= 11 is 0. The molecular formula is C12H20N2O3. The highest BCUT2D eigenvalue weighted by Crippen LogP contribution is 2.20. The molecule has 1 N–H and O–H groups in total. The molecule has 0 atom stereocenters. The standard InChI is InChI=1S/C12H20N2O3/c15-11-9-14(12(16)8-13-11)6-7-17-10-4-2-1-3-5-10/h10H,1-9H2,(H,13,15). The van der Waals surface area contributed by atoms with Gasteiger partial charge in [-0.15, -0.1) is 0 Å². The zero-order valence-corrected chi connectivity index (χ0v) is 10.1. The van der Waals surface area contributed by atoms with Crippen LogP contribution in [0.3, 0.4) is 0 Å². The van der Waals surface area contributed by atoms with Gasteiger partial charge in [0.2, 0.25) is 11.8 Å². The summed E-state index contributed by atoms with van der Waals surface area (Å²) < 4.78 is 5.74. The number of piperazine rings is 1. The summed E-state index contributed by atoms with van der Waals surface area (Å²) in [6.07, 6.45) is 6.43. The van der Waals surface area contributed by atoms with E-state index < -0.39 is 0 Å². The maximum Gasteiger partial charge on any atom is 0.242 e. The molecule has 1 saturated carbocycles. The topological polar surface area (TPSA) is 58.6 Å². The Morgan fingerprint density at radius 3 is 2.76 bits per heavy atom. The summed E-state index contributed by atoms with van der Waals surface area (Å²) in [6, 6.07) is 0. The second-order valence-corrected chi connectivity index (χ2v) is 4.72. The Hall–Kier alpha value is -1.10. The van der Waals surface area contributed by atoms with Crippen LogP contribution in [0.5, 0.6) is 0 Å². The first-order chi connectivity index (χ1) is 8.25. The molecule has 0 spiro atoms. The Bertz CT molecular complexity index is 287. The number of nitrogens with one attached hydrogen (secondary N) is 1. The summed E-state index contributed by atoms with van der Waals surface area (Å²) in [5.74, 6) is -0.0980. The molecule has 2 rings (SSSR count). The van der Waals surface area contributed by atoms with Gasteiger partial charge in [-0.1, -0.05) is 19.3 Å². The van der Waals surface area contributed by atoms with Crippen molar-refractivity contribution in [3.63, 3.8) is 0 Å². The molecule has 5 heteroatoms. The van der Waals surface area contributed by atoms with E-state index in [4.69, 9.17) is 4.74 Å². The lowest BCUT2D eigenvalue weighted by Gasteiger charge is -2.28. The molecular weight excluding hydrogens is 220 g/mol. The molecule has 0 radical (unpaired) electrons. The van der Waals surface area contributed by atoms with Crippen molar-refractivity contribution in [2.75, 3.05) is 26.2 Å². The fraction of sp³-hybridized carbons (Fsp3) is 0.833. The van der Waals surface area contributed by atoms with Crippen molar-refractivity contribution in [3.8, 4) is 0 Å². The number of carbonyl (C=O) groups excluding carboxylic acids is 2. The lowest BCUT2D eigenvalue weighted by Crippen LogP contribution is -2.52. The Balaban J connectivity index is 1.66. The fourth-order valence-electron chi connectivity index (χ4n) is 2.37. The van der Waals surface area contributed by atoms with Crippen LogP contribution < -0.4 is 5.32 Å². The lowest BCUT2D eigenvalue weighted by molar-refractivity contribution is -0.141. The van der Waals surface area contributed by atoms with Gasteiger partial charge in [0.25, 0.3) is 0 Å². The molecule has 0 aromatic heterocycles. The Kier molecular flexibility index (Phi) is 4.36. The van der Waals surface area contributed by atoms with Crippen LogP contribution >= 0.6 is 0 Å². The van der Waals surface area contributed by atoms with Gasteiger partial charge in [-0.25, -0.2) is 0 Å². The van der Waals surface area contributed by atoms with Gasteiger partial charge in [0, 0.05) is 6.54 Å². The van der Waals surface area contributed by atoms with Crippen LogP contribution in [-0.2, 0) is 14.3 Å². The summed E-state index contributed by atoms with van der Waals surface area (Å²) in [7, 11) is 0. The molecule has 0 unspecified atom stereocenters. The molecule has 1 saturated heterocycles.